The van der Waals surface area contributed by atoms with Crippen LogP contribution in [0.25, 0.3) is 0 Å². The van der Waals surface area contributed by atoms with Gasteiger partial charge < -0.3 is 15.2 Å². The van der Waals surface area contributed by atoms with Crippen LogP contribution in [0.2, 0.25) is 0 Å². The van der Waals surface area contributed by atoms with Gasteiger partial charge in [-0.2, -0.15) is 0 Å². The lowest BCUT2D eigenvalue weighted by molar-refractivity contribution is 0.234. The maximum Gasteiger partial charge on any atom is 0.315 e. The predicted molar refractivity (Wildman–Crippen MR) is 115 cm³/mol. The fourth-order valence-corrected chi connectivity index (χ4v) is 4.45. The first-order valence-electron chi connectivity index (χ1n) is 10.4. The number of amides is 2. The molecule has 30 heavy (non-hydrogen) atoms. The third-order valence-electron chi connectivity index (χ3n) is 6.13. The number of carbonyl (C=O) groups excluding carboxylic acids is 1. The summed E-state index contributed by atoms with van der Waals surface area (Å²) in [5.74, 6) is 0.378. The summed E-state index contributed by atoms with van der Waals surface area (Å²) in [4.78, 5) is 17.3. The summed E-state index contributed by atoms with van der Waals surface area (Å²) in [5, 5.41) is 6.13. The van der Waals surface area contributed by atoms with Crippen LogP contribution in [0.15, 0.2) is 67.0 Å². The molecule has 1 fully saturated rings. The molecule has 0 spiro atoms. The maximum atomic E-state index is 13.4. The number of nitrogens with one attached hydrogen (secondary N) is 2. The molecule has 1 heterocycles. The number of aryl methyl sites for hydroxylation is 1. The smallest absolute Gasteiger partial charge is 0.315 e. The number of carbonyl (C=O) groups is 1. The van der Waals surface area contributed by atoms with Crippen LogP contribution >= 0.6 is 0 Å². The van der Waals surface area contributed by atoms with Gasteiger partial charge in [-0.05, 0) is 36.1 Å². The van der Waals surface area contributed by atoms with Crippen molar-refractivity contribution in [3.8, 4) is 0 Å². The maximum absolute atomic E-state index is 13.4. The molecule has 1 atom stereocenters. The largest absolute Gasteiger partial charge is 0.337 e. The molecule has 1 aromatic heterocycles. The zero-order valence-electron chi connectivity index (χ0n) is 17.1. The summed E-state index contributed by atoms with van der Waals surface area (Å²) in [5.41, 5.74) is 2.04. The van der Waals surface area contributed by atoms with Crippen LogP contribution in [-0.2, 0) is 12.5 Å². The molecule has 0 radical (unpaired) electrons. The molecule has 6 heteroatoms. The first-order valence-corrected chi connectivity index (χ1v) is 10.4. The van der Waals surface area contributed by atoms with Crippen molar-refractivity contribution >= 4 is 6.03 Å². The molecule has 1 aliphatic carbocycles. The van der Waals surface area contributed by atoms with Crippen LogP contribution in [-0.4, -0.2) is 22.1 Å². The number of rotatable bonds is 6. The average Bonchev–Trinajstić information content (AvgIpc) is 3.42. The van der Waals surface area contributed by atoms with E-state index in [0.29, 0.717) is 12.4 Å². The molecule has 156 valence electrons. The van der Waals surface area contributed by atoms with Gasteiger partial charge >= 0.3 is 6.03 Å². The number of aromatic nitrogens is 2. The van der Waals surface area contributed by atoms with Gasteiger partial charge in [-0.1, -0.05) is 55.3 Å². The van der Waals surface area contributed by atoms with Crippen LogP contribution < -0.4 is 10.6 Å². The number of hydrogen-bond acceptors (Lipinski definition) is 2. The first-order chi connectivity index (χ1) is 14.6. The van der Waals surface area contributed by atoms with Crippen LogP contribution in [0.1, 0.15) is 48.7 Å². The quantitative estimate of drug-likeness (QED) is 0.635. The second-order valence-corrected chi connectivity index (χ2v) is 8.06. The molecule has 2 aromatic carbocycles. The van der Waals surface area contributed by atoms with Crippen LogP contribution in [0.3, 0.4) is 0 Å². The third-order valence-corrected chi connectivity index (χ3v) is 6.13. The molecular weight excluding hydrogens is 379 g/mol. The Morgan fingerprint density at radius 3 is 2.47 bits per heavy atom. The highest BCUT2D eigenvalue weighted by atomic mass is 19.1. The second-order valence-electron chi connectivity index (χ2n) is 8.06. The number of benzene rings is 2. The number of imidazole rings is 1. The summed E-state index contributed by atoms with van der Waals surface area (Å²) in [6.07, 6.45) is 7.99. The lowest BCUT2D eigenvalue weighted by Crippen LogP contribution is -2.45. The standard InChI is InChI=1S/C24H27FN4O/c1-29-16-15-26-22(29)21(18-9-11-20(25)12-10-18)28-23(30)27-17-24(13-5-6-14-24)19-7-3-2-4-8-19/h2-4,7-12,15-16,21H,5-6,13-14,17H2,1H3,(H2,27,28,30). The van der Waals surface area contributed by atoms with Gasteiger partial charge in [-0.3, -0.25) is 0 Å². The Morgan fingerprint density at radius 2 is 1.83 bits per heavy atom. The van der Waals surface area contributed by atoms with Gasteiger partial charge in [-0.25, -0.2) is 14.2 Å². The molecule has 0 saturated heterocycles. The van der Waals surface area contributed by atoms with E-state index in [1.165, 1.54) is 30.5 Å². The van der Waals surface area contributed by atoms with Gasteiger partial charge in [0.15, 0.2) is 0 Å². The molecule has 5 nitrogen and oxygen atoms in total. The number of hydrogen-bond donors (Lipinski definition) is 2. The Kier molecular flexibility index (Phi) is 5.84. The van der Waals surface area contributed by atoms with Gasteiger partial charge in [0.05, 0.1) is 0 Å². The minimum absolute atomic E-state index is 0.0206. The molecule has 1 saturated carbocycles. The minimum atomic E-state index is -0.471. The SMILES string of the molecule is Cn1ccnc1C(NC(=O)NCC1(c2ccccc2)CCCC1)c1ccc(F)cc1. The topological polar surface area (TPSA) is 59.0 Å². The highest BCUT2D eigenvalue weighted by Crippen LogP contribution is 2.40. The lowest BCUT2D eigenvalue weighted by atomic mass is 9.79. The van der Waals surface area contributed by atoms with E-state index in [4.69, 9.17) is 0 Å². The highest BCUT2D eigenvalue weighted by Gasteiger charge is 2.36. The molecule has 0 aliphatic heterocycles. The minimum Gasteiger partial charge on any atom is -0.337 e. The number of urea groups is 1. The van der Waals surface area contributed by atoms with E-state index in [9.17, 15) is 9.18 Å². The summed E-state index contributed by atoms with van der Waals surface area (Å²) in [6.45, 7) is 0.583. The summed E-state index contributed by atoms with van der Waals surface area (Å²) in [6, 6.07) is 15.9. The predicted octanol–water partition coefficient (Wildman–Crippen LogP) is 4.46. The Morgan fingerprint density at radius 1 is 1.13 bits per heavy atom. The van der Waals surface area contributed by atoms with Crippen LogP contribution in [0, 0.1) is 5.82 Å². The van der Waals surface area contributed by atoms with Crippen molar-refractivity contribution in [1.29, 1.82) is 0 Å². The molecule has 0 bridgehead atoms. The zero-order valence-corrected chi connectivity index (χ0v) is 17.1. The molecule has 1 unspecified atom stereocenters. The van der Waals surface area contributed by atoms with Gasteiger partial charge in [0, 0.05) is 31.4 Å². The lowest BCUT2D eigenvalue weighted by Gasteiger charge is -2.30. The normalized spacial score (nSPS) is 16.2. The number of halogens is 1. The Labute approximate surface area is 176 Å². The third kappa shape index (κ3) is 4.22. The van der Waals surface area contributed by atoms with Gasteiger partial charge in [0.2, 0.25) is 0 Å². The van der Waals surface area contributed by atoms with E-state index in [2.05, 4.69) is 39.9 Å². The summed E-state index contributed by atoms with van der Waals surface area (Å²) < 4.78 is 15.3. The van der Waals surface area contributed by atoms with Crippen molar-refractivity contribution in [2.45, 2.75) is 37.1 Å². The molecule has 4 rings (SSSR count). The second kappa shape index (κ2) is 8.69. The first kappa shape index (κ1) is 20.1. The van der Waals surface area contributed by atoms with Crippen molar-refractivity contribution in [2.75, 3.05) is 6.54 Å². The Hall–Kier alpha value is -3.15. The summed E-state index contributed by atoms with van der Waals surface area (Å²) >= 11 is 0. The van der Waals surface area contributed by atoms with E-state index in [1.54, 1.807) is 18.3 Å². The fourth-order valence-electron chi connectivity index (χ4n) is 4.45. The fraction of sp³-hybridized carbons (Fsp3) is 0.333. The van der Waals surface area contributed by atoms with Crippen molar-refractivity contribution in [2.24, 2.45) is 7.05 Å². The Bertz CT molecular complexity index is 978. The molecule has 1 aliphatic rings. The van der Waals surface area contributed by atoms with Crippen molar-refractivity contribution in [3.63, 3.8) is 0 Å². The molecule has 2 N–H and O–H groups in total. The van der Waals surface area contributed by atoms with Crippen LogP contribution in [0.4, 0.5) is 9.18 Å². The van der Waals surface area contributed by atoms with Crippen molar-refractivity contribution < 1.29 is 9.18 Å². The Balaban J connectivity index is 1.50. The van der Waals surface area contributed by atoms with E-state index < -0.39 is 6.04 Å². The average molecular weight is 407 g/mol. The molecule has 2 amide bonds. The van der Waals surface area contributed by atoms with E-state index in [1.807, 2.05) is 23.9 Å². The van der Waals surface area contributed by atoms with E-state index in [0.717, 1.165) is 18.4 Å². The summed E-state index contributed by atoms with van der Waals surface area (Å²) in [7, 11) is 1.88. The van der Waals surface area contributed by atoms with E-state index >= 15 is 0 Å². The van der Waals surface area contributed by atoms with E-state index in [-0.39, 0.29) is 17.3 Å². The monoisotopic (exact) mass is 406 g/mol. The van der Waals surface area contributed by atoms with Crippen molar-refractivity contribution in [1.82, 2.24) is 20.2 Å². The van der Waals surface area contributed by atoms with Gasteiger partial charge in [0.25, 0.3) is 0 Å². The zero-order chi connectivity index (χ0) is 21.0. The van der Waals surface area contributed by atoms with Gasteiger partial charge in [0.1, 0.15) is 17.7 Å². The molecule has 3 aromatic rings. The van der Waals surface area contributed by atoms with Crippen molar-refractivity contribution in [3.05, 3.63) is 89.8 Å². The van der Waals surface area contributed by atoms with Crippen LogP contribution in [0.5, 0.6) is 0 Å². The number of nitrogens with zero attached hydrogens (tertiary/aromatic N) is 2. The van der Waals surface area contributed by atoms with Gasteiger partial charge in [-0.15, -0.1) is 0 Å². The highest BCUT2D eigenvalue weighted by molar-refractivity contribution is 5.75. The molecular formula is C24H27FN4O.